The molecule has 2 heterocycles. The largest absolute Gasteiger partial charge is 0.495 e. The summed E-state index contributed by atoms with van der Waals surface area (Å²) in [6, 6.07) is 12.4. The summed E-state index contributed by atoms with van der Waals surface area (Å²) >= 11 is 6.29. The summed E-state index contributed by atoms with van der Waals surface area (Å²) in [5, 5.41) is 1.75. The lowest BCUT2D eigenvalue weighted by atomic mass is 10.1. The number of nitrogens with zero attached hydrogens (tertiary/aromatic N) is 2. The third kappa shape index (κ3) is 2.80. The first-order valence-electron chi connectivity index (χ1n) is 8.63. The second kappa shape index (κ2) is 7.14. The number of hydrazine groups is 1. The molecule has 4 rings (SSSR count). The number of fused-ring (bicyclic) bond motifs is 1. The Bertz CT molecular complexity index is 1070. The SMILES string of the molecule is COC(=O)C1=C2C(=O)N(c3ccccc3OC)C(=O)[C@H]2N(c2ccccc2Cl)N1. The number of benzene rings is 2. The molecular formula is C20H16ClN3O5. The van der Waals surface area contributed by atoms with E-state index in [0.717, 1.165) is 4.90 Å². The lowest BCUT2D eigenvalue weighted by Gasteiger charge is -2.27. The number of hydrogen-bond donors (Lipinski definition) is 1. The number of halogens is 1. The van der Waals surface area contributed by atoms with Crippen molar-refractivity contribution in [2.24, 2.45) is 0 Å². The standard InChI is InChI=1S/C20H16ClN3O5/c1-28-14-10-6-5-9-13(14)23-18(25)15-16(20(27)29-2)22-24(17(15)19(23)26)12-8-4-3-7-11(12)21/h3-10,17,22H,1-2H3/t17-/m0/s1. The van der Waals surface area contributed by atoms with Gasteiger partial charge in [0.2, 0.25) is 0 Å². The minimum atomic E-state index is -1.08. The van der Waals surface area contributed by atoms with E-state index in [2.05, 4.69) is 5.43 Å². The lowest BCUT2D eigenvalue weighted by molar-refractivity contribution is -0.136. The molecule has 1 N–H and O–H groups in total. The molecule has 148 valence electrons. The van der Waals surface area contributed by atoms with E-state index in [9.17, 15) is 14.4 Å². The van der Waals surface area contributed by atoms with E-state index in [1.807, 2.05) is 0 Å². The zero-order valence-corrected chi connectivity index (χ0v) is 16.3. The Morgan fingerprint density at radius 3 is 2.34 bits per heavy atom. The second-order valence-corrected chi connectivity index (χ2v) is 6.67. The van der Waals surface area contributed by atoms with Gasteiger partial charge in [-0.05, 0) is 24.3 Å². The zero-order chi connectivity index (χ0) is 20.7. The van der Waals surface area contributed by atoms with Crippen molar-refractivity contribution in [2.45, 2.75) is 6.04 Å². The summed E-state index contributed by atoms with van der Waals surface area (Å²) in [6.45, 7) is 0. The van der Waals surface area contributed by atoms with Gasteiger partial charge in [-0.25, -0.2) is 9.69 Å². The molecule has 2 amide bonds. The summed E-state index contributed by atoms with van der Waals surface area (Å²) in [7, 11) is 2.64. The summed E-state index contributed by atoms with van der Waals surface area (Å²) in [5.41, 5.74) is 3.44. The molecule has 0 unspecified atom stereocenters. The molecule has 9 heteroatoms. The monoisotopic (exact) mass is 413 g/mol. The first-order valence-corrected chi connectivity index (χ1v) is 9.01. The van der Waals surface area contributed by atoms with Crippen LogP contribution in [0.1, 0.15) is 0 Å². The maximum Gasteiger partial charge on any atom is 0.356 e. The number of esters is 1. The van der Waals surface area contributed by atoms with E-state index in [-0.39, 0.29) is 17.0 Å². The van der Waals surface area contributed by atoms with Crippen molar-refractivity contribution < 1.29 is 23.9 Å². The number of carbonyl (C=O) groups excluding carboxylic acids is 3. The molecule has 0 radical (unpaired) electrons. The van der Waals surface area contributed by atoms with Crippen LogP contribution >= 0.6 is 11.6 Å². The fourth-order valence-electron chi connectivity index (χ4n) is 3.46. The quantitative estimate of drug-likeness (QED) is 0.606. The van der Waals surface area contributed by atoms with Gasteiger partial charge >= 0.3 is 5.97 Å². The van der Waals surface area contributed by atoms with Crippen molar-refractivity contribution in [3.8, 4) is 5.75 Å². The Morgan fingerprint density at radius 1 is 1.03 bits per heavy atom. The number of imide groups is 1. The first kappa shape index (κ1) is 18.8. The third-order valence-corrected chi connectivity index (χ3v) is 5.07. The molecule has 1 saturated heterocycles. The van der Waals surface area contributed by atoms with Crippen molar-refractivity contribution in [2.75, 3.05) is 24.1 Å². The summed E-state index contributed by atoms with van der Waals surface area (Å²) in [6.07, 6.45) is 0. The third-order valence-electron chi connectivity index (χ3n) is 4.75. The smallest absolute Gasteiger partial charge is 0.356 e. The summed E-state index contributed by atoms with van der Waals surface area (Å²) in [4.78, 5) is 39.9. The van der Waals surface area contributed by atoms with Crippen molar-refractivity contribution in [1.82, 2.24) is 5.43 Å². The van der Waals surface area contributed by atoms with Crippen molar-refractivity contribution in [1.29, 1.82) is 0 Å². The van der Waals surface area contributed by atoms with E-state index in [0.29, 0.717) is 16.5 Å². The van der Waals surface area contributed by atoms with Gasteiger partial charge in [0, 0.05) is 0 Å². The minimum absolute atomic E-state index is 0.00678. The second-order valence-electron chi connectivity index (χ2n) is 6.27. The highest BCUT2D eigenvalue weighted by molar-refractivity contribution is 6.36. The van der Waals surface area contributed by atoms with Crippen LogP contribution in [0.2, 0.25) is 5.02 Å². The Morgan fingerprint density at radius 2 is 1.69 bits per heavy atom. The van der Waals surface area contributed by atoms with Gasteiger partial charge in [-0.3, -0.25) is 20.0 Å². The molecule has 1 fully saturated rings. The number of amides is 2. The highest BCUT2D eigenvalue weighted by Crippen LogP contribution is 2.41. The average Bonchev–Trinajstić information content (AvgIpc) is 3.25. The van der Waals surface area contributed by atoms with Gasteiger partial charge in [-0.2, -0.15) is 0 Å². The predicted octanol–water partition coefficient (Wildman–Crippen LogP) is 2.04. The predicted molar refractivity (Wildman–Crippen MR) is 105 cm³/mol. The van der Waals surface area contributed by atoms with Gasteiger partial charge in [0.05, 0.1) is 36.2 Å². The molecule has 0 spiro atoms. The van der Waals surface area contributed by atoms with Gasteiger partial charge in [0.1, 0.15) is 5.75 Å². The van der Waals surface area contributed by atoms with E-state index in [1.54, 1.807) is 48.5 Å². The Hall–Kier alpha value is -3.52. The lowest BCUT2D eigenvalue weighted by Crippen LogP contribution is -2.46. The normalized spacial score (nSPS) is 18.1. The number of carbonyl (C=O) groups is 3. The molecule has 29 heavy (non-hydrogen) atoms. The highest BCUT2D eigenvalue weighted by atomic mass is 35.5. The number of nitrogens with one attached hydrogen (secondary N) is 1. The Kier molecular flexibility index (Phi) is 4.63. The van der Waals surface area contributed by atoms with Crippen LogP contribution in [0.4, 0.5) is 11.4 Å². The number of rotatable bonds is 4. The maximum atomic E-state index is 13.4. The molecular weight excluding hydrogens is 398 g/mol. The van der Waals surface area contributed by atoms with Crippen LogP contribution in [-0.2, 0) is 19.1 Å². The summed E-state index contributed by atoms with van der Waals surface area (Å²) < 4.78 is 10.1. The number of ether oxygens (including phenoxy) is 2. The number of para-hydroxylation sites is 3. The van der Waals surface area contributed by atoms with Gasteiger partial charge < -0.3 is 9.47 Å². The highest BCUT2D eigenvalue weighted by Gasteiger charge is 2.55. The van der Waals surface area contributed by atoms with E-state index < -0.39 is 23.8 Å². The van der Waals surface area contributed by atoms with E-state index in [4.69, 9.17) is 21.1 Å². The average molecular weight is 414 g/mol. The van der Waals surface area contributed by atoms with Gasteiger partial charge in [-0.15, -0.1) is 0 Å². The first-order chi connectivity index (χ1) is 14.0. The Labute approximate surface area is 171 Å². The molecule has 0 aromatic heterocycles. The molecule has 2 aliphatic heterocycles. The Balaban J connectivity index is 1.87. The van der Waals surface area contributed by atoms with Gasteiger partial charge in [0.15, 0.2) is 11.7 Å². The van der Waals surface area contributed by atoms with Crippen LogP contribution in [0.25, 0.3) is 0 Å². The van der Waals surface area contributed by atoms with Crippen molar-refractivity contribution in [3.05, 3.63) is 64.8 Å². The molecule has 0 bridgehead atoms. The fraction of sp³-hybridized carbons (Fsp3) is 0.150. The van der Waals surface area contributed by atoms with Crippen LogP contribution in [-0.4, -0.2) is 38.0 Å². The number of anilines is 2. The molecule has 1 atom stereocenters. The van der Waals surface area contributed by atoms with Crippen molar-refractivity contribution >= 4 is 40.8 Å². The molecule has 0 saturated carbocycles. The molecule has 0 aliphatic carbocycles. The number of hydrogen-bond acceptors (Lipinski definition) is 7. The van der Waals surface area contributed by atoms with Crippen LogP contribution in [0.5, 0.6) is 5.75 Å². The molecule has 8 nitrogen and oxygen atoms in total. The molecule has 2 aliphatic rings. The van der Waals surface area contributed by atoms with Crippen LogP contribution in [0.3, 0.4) is 0 Å². The van der Waals surface area contributed by atoms with Crippen molar-refractivity contribution in [3.63, 3.8) is 0 Å². The van der Waals surface area contributed by atoms with Gasteiger partial charge in [-0.1, -0.05) is 35.9 Å². The zero-order valence-electron chi connectivity index (χ0n) is 15.5. The minimum Gasteiger partial charge on any atom is -0.495 e. The van der Waals surface area contributed by atoms with Crippen LogP contribution < -0.4 is 20.1 Å². The topological polar surface area (TPSA) is 88.2 Å². The van der Waals surface area contributed by atoms with Crippen LogP contribution in [0, 0.1) is 0 Å². The van der Waals surface area contributed by atoms with E-state index >= 15 is 0 Å². The van der Waals surface area contributed by atoms with Gasteiger partial charge in [0.25, 0.3) is 11.8 Å². The molecule has 2 aromatic rings. The fourth-order valence-corrected chi connectivity index (χ4v) is 3.69. The van der Waals surface area contributed by atoms with Crippen LogP contribution in [0.15, 0.2) is 59.8 Å². The maximum absolute atomic E-state index is 13.4. The molecule has 2 aromatic carbocycles. The van der Waals surface area contributed by atoms with E-state index in [1.165, 1.54) is 19.2 Å². The number of methoxy groups -OCH3 is 2. The summed E-state index contributed by atoms with van der Waals surface area (Å²) in [5.74, 6) is -1.58.